The van der Waals surface area contributed by atoms with Crippen LogP contribution in [0.3, 0.4) is 0 Å². The Kier molecular flexibility index (Phi) is 5.38. The van der Waals surface area contributed by atoms with Crippen molar-refractivity contribution in [2.75, 3.05) is 13.2 Å². The zero-order valence-electron chi connectivity index (χ0n) is 12.2. The molecule has 0 aliphatic heterocycles. The van der Waals surface area contributed by atoms with Crippen molar-refractivity contribution in [2.24, 2.45) is 5.16 Å². The van der Waals surface area contributed by atoms with Crippen LogP contribution in [0.1, 0.15) is 18.1 Å². The molecule has 0 heterocycles. The Bertz CT molecular complexity index is 671. The van der Waals surface area contributed by atoms with Crippen LogP contribution in [0, 0.1) is 11.3 Å². The summed E-state index contributed by atoms with van der Waals surface area (Å²) >= 11 is 0. The number of nitriles is 1. The van der Waals surface area contributed by atoms with Crippen molar-refractivity contribution in [1.82, 2.24) is 0 Å². The molecule has 2 rings (SSSR count). The second-order valence-electron chi connectivity index (χ2n) is 4.54. The number of hydrogen-bond acceptors (Lipinski definition) is 5. The number of ether oxygens (including phenoxy) is 2. The molecule has 0 saturated heterocycles. The molecule has 0 aliphatic carbocycles. The first-order valence-corrected chi connectivity index (χ1v) is 6.78. The molecule has 5 heteroatoms. The first-order chi connectivity index (χ1) is 10.7. The third-order valence-corrected chi connectivity index (χ3v) is 3.03. The standard InChI is InChI=1S/C17H16N2O3/c1-13(19-20)15-4-8-17(9-5-15)22-11-10-21-16-6-2-14(12-18)3-7-16/h2-9,20H,10-11H2,1H3/b19-13-. The molecule has 0 atom stereocenters. The van der Waals surface area contributed by atoms with E-state index in [1.165, 1.54) is 0 Å². The van der Waals surface area contributed by atoms with Crippen molar-refractivity contribution in [3.8, 4) is 17.6 Å². The van der Waals surface area contributed by atoms with Gasteiger partial charge in [-0.1, -0.05) is 5.16 Å². The van der Waals surface area contributed by atoms with Crippen LogP contribution in [-0.2, 0) is 0 Å². The lowest BCUT2D eigenvalue weighted by Gasteiger charge is -2.09. The molecule has 1 N–H and O–H groups in total. The zero-order valence-corrected chi connectivity index (χ0v) is 12.2. The quantitative estimate of drug-likeness (QED) is 0.384. The van der Waals surface area contributed by atoms with Gasteiger partial charge < -0.3 is 14.7 Å². The van der Waals surface area contributed by atoms with Crippen LogP contribution >= 0.6 is 0 Å². The summed E-state index contributed by atoms with van der Waals surface area (Å²) in [6, 6.07) is 16.3. The first kappa shape index (κ1) is 15.4. The van der Waals surface area contributed by atoms with Gasteiger partial charge in [-0.2, -0.15) is 5.26 Å². The molecular formula is C17H16N2O3. The van der Waals surface area contributed by atoms with Gasteiger partial charge in [-0.05, 0) is 61.0 Å². The summed E-state index contributed by atoms with van der Waals surface area (Å²) in [7, 11) is 0. The van der Waals surface area contributed by atoms with Crippen LogP contribution in [0.15, 0.2) is 53.7 Å². The Morgan fingerprint density at radius 3 is 1.95 bits per heavy atom. The molecule has 0 aliphatic rings. The third kappa shape index (κ3) is 4.25. The molecule has 2 aromatic carbocycles. The lowest BCUT2D eigenvalue weighted by molar-refractivity contribution is 0.217. The first-order valence-electron chi connectivity index (χ1n) is 6.78. The summed E-state index contributed by atoms with van der Waals surface area (Å²) < 4.78 is 11.1. The third-order valence-electron chi connectivity index (χ3n) is 3.03. The molecule has 112 valence electrons. The Morgan fingerprint density at radius 2 is 1.50 bits per heavy atom. The van der Waals surface area contributed by atoms with Crippen molar-refractivity contribution < 1.29 is 14.7 Å². The van der Waals surface area contributed by atoms with Crippen molar-refractivity contribution in [1.29, 1.82) is 5.26 Å². The number of nitrogens with zero attached hydrogens (tertiary/aromatic N) is 2. The van der Waals surface area contributed by atoms with Gasteiger partial charge in [0.05, 0.1) is 17.3 Å². The molecule has 0 fully saturated rings. The average molecular weight is 296 g/mol. The van der Waals surface area contributed by atoms with Crippen LogP contribution < -0.4 is 9.47 Å². The van der Waals surface area contributed by atoms with Crippen molar-refractivity contribution >= 4 is 5.71 Å². The van der Waals surface area contributed by atoms with Crippen molar-refractivity contribution in [3.63, 3.8) is 0 Å². The lowest BCUT2D eigenvalue weighted by atomic mass is 10.1. The summed E-state index contributed by atoms with van der Waals surface area (Å²) in [5.74, 6) is 1.42. The molecule has 5 nitrogen and oxygen atoms in total. The van der Waals surface area contributed by atoms with E-state index >= 15 is 0 Å². The van der Waals surface area contributed by atoms with Crippen LogP contribution in [0.5, 0.6) is 11.5 Å². The molecule has 0 unspecified atom stereocenters. The number of benzene rings is 2. The fraction of sp³-hybridized carbons (Fsp3) is 0.176. The van der Waals surface area contributed by atoms with Crippen LogP contribution in [0.2, 0.25) is 0 Å². The van der Waals surface area contributed by atoms with E-state index < -0.39 is 0 Å². The monoisotopic (exact) mass is 296 g/mol. The number of hydrogen-bond donors (Lipinski definition) is 1. The maximum atomic E-state index is 8.71. The predicted octanol–water partition coefficient (Wildman–Crippen LogP) is 3.21. The highest BCUT2D eigenvalue weighted by Crippen LogP contribution is 2.14. The maximum Gasteiger partial charge on any atom is 0.122 e. The fourth-order valence-corrected chi connectivity index (χ4v) is 1.79. The highest BCUT2D eigenvalue weighted by molar-refractivity contribution is 5.98. The predicted molar refractivity (Wildman–Crippen MR) is 82.6 cm³/mol. The molecule has 0 amide bonds. The van der Waals surface area contributed by atoms with Gasteiger partial charge in [0.25, 0.3) is 0 Å². The van der Waals surface area contributed by atoms with E-state index in [2.05, 4.69) is 11.2 Å². The largest absolute Gasteiger partial charge is 0.490 e. The van der Waals surface area contributed by atoms with E-state index in [0.717, 1.165) is 11.3 Å². The highest BCUT2D eigenvalue weighted by atomic mass is 16.5. The molecule has 0 spiro atoms. The van der Waals surface area contributed by atoms with Crippen molar-refractivity contribution in [2.45, 2.75) is 6.92 Å². The summed E-state index contributed by atoms with van der Waals surface area (Å²) in [6.45, 7) is 2.54. The summed E-state index contributed by atoms with van der Waals surface area (Å²) in [4.78, 5) is 0. The molecule has 0 saturated carbocycles. The SMILES string of the molecule is C/C(=N/O)c1ccc(OCCOc2ccc(C#N)cc2)cc1. The zero-order chi connectivity index (χ0) is 15.8. The minimum absolute atomic E-state index is 0.408. The van der Waals surface area contributed by atoms with Gasteiger partial charge >= 0.3 is 0 Å². The summed E-state index contributed by atoms with van der Waals surface area (Å²) in [6.07, 6.45) is 0. The van der Waals surface area contributed by atoms with Gasteiger partial charge in [0.15, 0.2) is 0 Å². The Labute approximate surface area is 129 Å². The molecular weight excluding hydrogens is 280 g/mol. The maximum absolute atomic E-state index is 8.71. The van der Waals surface area contributed by atoms with Crippen LogP contribution in [-0.4, -0.2) is 24.1 Å². The highest BCUT2D eigenvalue weighted by Gasteiger charge is 2.00. The fourth-order valence-electron chi connectivity index (χ4n) is 1.79. The van der Waals surface area contributed by atoms with E-state index in [4.69, 9.17) is 19.9 Å². The Balaban J connectivity index is 1.77. The summed E-state index contributed by atoms with van der Waals surface area (Å²) in [5.41, 5.74) is 1.99. The van der Waals surface area contributed by atoms with Gasteiger partial charge in [-0.25, -0.2) is 0 Å². The van der Waals surface area contributed by atoms with Crippen LogP contribution in [0.25, 0.3) is 0 Å². The smallest absolute Gasteiger partial charge is 0.122 e. The molecule has 0 radical (unpaired) electrons. The normalized spacial score (nSPS) is 10.8. The van der Waals surface area contributed by atoms with Gasteiger partial charge in [-0.3, -0.25) is 0 Å². The van der Waals surface area contributed by atoms with Gasteiger partial charge in [0.1, 0.15) is 24.7 Å². The lowest BCUT2D eigenvalue weighted by Crippen LogP contribution is -2.09. The van der Waals surface area contributed by atoms with E-state index in [1.54, 1.807) is 31.2 Å². The van der Waals surface area contributed by atoms with Gasteiger partial charge in [0.2, 0.25) is 0 Å². The van der Waals surface area contributed by atoms with E-state index in [1.807, 2.05) is 24.3 Å². The molecule has 0 bridgehead atoms. The minimum atomic E-state index is 0.408. The Morgan fingerprint density at radius 1 is 1.00 bits per heavy atom. The second-order valence-corrected chi connectivity index (χ2v) is 4.54. The van der Waals surface area contributed by atoms with E-state index in [-0.39, 0.29) is 0 Å². The minimum Gasteiger partial charge on any atom is -0.490 e. The molecule has 22 heavy (non-hydrogen) atoms. The average Bonchev–Trinajstić information content (AvgIpc) is 2.59. The topological polar surface area (TPSA) is 74.8 Å². The molecule has 2 aromatic rings. The molecule has 0 aromatic heterocycles. The van der Waals surface area contributed by atoms with Crippen molar-refractivity contribution in [3.05, 3.63) is 59.7 Å². The van der Waals surface area contributed by atoms with E-state index in [0.29, 0.717) is 30.2 Å². The van der Waals surface area contributed by atoms with Crippen LogP contribution in [0.4, 0.5) is 0 Å². The van der Waals surface area contributed by atoms with E-state index in [9.17, 15) is 0 Å². The van der Waals surface area contributed by atoms with Gasteiger partial charge in [-0.15, -0.1) is 0 Å². The Hall–Kier alpha value is -3.00. The summed E-state index contributed by atoms with van der Waals surface area (Å²) in [5, 5.41) is 20.5. The second kappa shape index (κ2) is 7.70. The van der Waals surface area contributed by atoms with Gasteiger partial charge in [0, 0.05) is 0 Å². The number of oxime groups is 1. The number of rotatable bonds is 6.